The third-order valence-corrected chi connectivity index (χ3v) is 4.02. The normalized spacial score (nSPS) is 15.1. The molecule has 0 saturated carbocycles. The van der Waals surface area contributed by atoms with Gasteiger partial charge >= 0.3 is 0 Å². The number of ether oxygens (including phenoxy) is 2. The number of hydrogen-bond acceptors (Lipinski definition) is 4. The van der Waals surface area contributed by atoms with Gasteiger partial charge in [-0.3, -0.25) is 4.79 Å². The SMILES string of the molecule is CCNC(=NCCOc1cccc(OC)c1)N1CCN(C(C)=O)CC1. The van der Waals surface area contributed by atoms with Crippen LogP contribution in [0.3, 0.4) is 0 Å². The Balaban J connectivity index is 1.84. The van der Waals surface area contributed by atoms with Crippen LogP contribution < -0.4 is 14.8 Å². The highest BCUT2D eigenvalue weighted by Gasteiger charge is 2.20. The van der Waals surface area contributed by atoms with E-state index in [1.54, 1.807) is 14.0 Å². The highest BCUT2D eigenvalue weighted by molar-refractivity contribution is 5.80. The fourth-order valence-corrected chi connectivity index (χ4v) is 2.66. The second kappa shape index (κ2) is 9.76. The smallest absolute Gasteiger partial charge is 0.219 e. The second-order valence-electron chi connectivity index (χ2n) is 5.76. The summed E-state index contributed by atoms with van der Waals surface area (Å²) in [6.07, 6.45) is 0. The van der Waals surface area contributed by atoms with Gasteiger partial charge < -0.3 is 24.6 Å². The molecule has 1 aliphatic rings. The van der Waals surface area contributed by atoms with Gasteiger partial charge in [0, 0.05) is 45.7 Å². The summed E-state index contributed by atoms with van der Waals surface area (Å²) in [4.78, 5) is 20.1. The third-order valence-electron chi connectivity index (χ3n) is 4.02. The van der Waals surface area contributed by atoms with Gasteiger partial charge in [-0.2, -0.15) is 0 Å². The van der Waals surface area contributed by atoms with Gasteiger partial charge in [-0.1, -0.05) is 6.07 Å². The largest absolute Gasteiger partial charge is 0.497 e. The van der Waals surface area contributed by atoms with Crippen molar-refractivity contribution in [1.29, 1.82) is 0 Å². The zero-order chi connectivity index (χ0) is 18.1. The lowest BCUT2D eigenvalue weighted by Gasteiger charge is -2.36. The molecule has 1 aromatic carbocycles. The molecular formula is C18H28N4O3. The number of benzene rings is 1. The highest BCUT2D eigenvalue weighted by Crippen LogP contribution is 2.18. The summed E-state index contributed by atoms with van der Waals surface area (Å²) in [5, 5.41) is 3.31. The summed E-state index contributed by atoms with van der Waals surface area (Å²) < 4.78 is 10.9. The number of hydrogen-bond donors (Lipinski definition) is 1. The standard InChI is InChI=1S/C18H28N4O3/c1-4-19-18(22-11-9-21(10-12-22)15(2)23)20-8-13-25-17-7-5-6-16(14-17)24-3/h5-7,14H,4,8-13H2,1-3H3,(H,19,20). The van der Waals surface area contributed by atoms with Gasteiger partial charge in [-0.15, -0.1) is 0 Å². The summed E-state index contributed by atoms with van der Waals surface area (Å²) in [7, 11) is 1.64. The predicted octanol–water partition coefficient (Wildman–Crippen LogP) is 1.20. The number of rotatable bonds is 6. The number of amides is 1. The third kappa shape index (κ3) is 5.85. The first-order chi connectivity index (χ1) is 12.1. The van der Waals surface area contributed by atoms with Crippen LogP contribution in [0, 0.1) is 0 Å². The average Bonchev–Trinajstić information content (AvgIpc) is 2.64. The molecule has 1 aliphatic heterocycles. The van der Waals surface area contributed by atoms with Crippen molar-refractivity contribution in [2.45, 2.75) is 13.8 Å². The van der Waals surface area contributed by atoms with Gasteiger partial charge in [-0.25, -0.2) is 4.99 Å². The molecule has 7 nitrogen and oxygen atoms in total. The summed E-state index contributed by atoms with van der Waals surface area (Å²) in [5.41, 5.74) is 0. The first kappa shape index (κ1) is 18.9. The Morgan fingerprint density at radius 2 is 1.88 bits per heavy atom. The van der Waals surface area contributed by atoms with Crippen LogP contribution in [0.1, 0.15) is 13.8 Å². The van der Waals surface area contributed by atoms with E-state index in [0.29, 0.717) is 13.2 Å². The van der Waals surface area contributed by atoms with Crippen molar-refractivity contribution in [1.82, 2.24) is 15.1 Å². The molecule has 25 heavy (non-hydrogen) atoms. The van der Waals surface area contributed by atoms with Crippen LogP contribution in [0.25, 0.3) is 0 Å². The lowest BCUT2D eigenvalue weighted by Crippen LogP contribution is -2.53. The molecule has 0 aromatic heterocycles. The van der Waals surface area contributed by atoms with E-state index in [1.807, 2.05) is 36.1 Å². The predicted molar refractivity (Wildman–Crippen MR) is 98.3 cm³/mol. The molecule has 1 heterocycles. The molecular weight excluding hydrogens is 320 g/mol. The lowest BCUT2D eigenvalue weighted by molar-refractivity contribution is -0.130. The monoisotopic (exact) mass is 348 g/mol. The Labute approximate surface area is 149 Å². The topological polar surface area (TPSA) is 66.4 Å². The zero-order valence-electron chi connectivity index (χ0n) is 15.3. The van der Waals surface area contributed by atoms with E-state index in [2.05, 4.69) is 15.2 Å². The molecule has 0 atom stereocenters. The first-order valence-electron chi connectivity index (χ1n) is 8.69. The minimum absolute atomic E-state index is 0.133. The Morgan fingerprint density at radius 3 is 2.52 bits per heavy atom. The van der Waals surface area contributed by atoms with E-state index in [9.17, 15) is 4.79 Å². The van der Waals surface area contributed by atoms with Crippen molar-refractivity contribution >= 4 is 11.9 Å². The van der Waals surface area contributed by atoms with Gasteiger partial charge in [0.2, 0.25) is 5.91 Å². The molecule has 1 saturated heterocycles. The van der Waals surface area contributed by atoms with Crippen molar-refractivity contribution in [3.63, 3.8) is 0 Å². The molecule has 1 fully saturated rings. The maximum Gasteiger partial charge on any atom is 0.219 e. The fourth-order valence-electron chi connectivity index (χ4n) is 2.66. The Kier molecular flexibility index (Phi) is 7.37. The van der Waals surface area contributed by atoms with Crippen LogP contribution in [0.2, 0.25) is 0 Å². The van der Waals surface area contributed by atoms with Gasteiger partial charge in [0.1, 0.15) is 18.1 Å². The number of carbonyl (C=O) groups excluding carboxylic acids is 1. The summed E-state index contributed by atoms with van der Waals surface area (Å²) >= 11 is 0. The molecule has 0 spiro atoms. The number of carbonyl (C=O) groups is 1. The molecule has 1 N–H and O–H groups in total. The van der Waals surface area contributed by atoms with Gasteiger partial charge in [0.15, 0.2) is 5.96 Å². The molecule has 0 unspecified atom stereocenters. The number of nitrogens with zero attached hydrogens (tertiary/aromatic N) is 3. The Morgan fingerprint density at radius 1 is 1.20 bits per heavy atom. The maximum absolute atomic E-state index is 11.4. The highest BCUT2D eigenvalue weighted by atomic mass is 16.5. The van der Waals surface area contributed by atoms with Crippen molar-refractivity contribution in [3.05, 3.63) is 24.3 Å². The van der Waals surface area contributed by atoms with Crippen LogP contribution in [0.5, 0.6) is 11.5 Å². The van der Waals surface area contributed by atoms with E-state index in [1.165, 1.54) is 0 Å². The summed E-state index contributed by atoms with van der Waals surface area (Å²) in [6.45, 7) is 8.59. The number of aliphatic imine (C=N–C) groups is 1. The fraction of sp³-hybridized carbons (Fsp3) is 0.556. The van der Waals surface area contributed by atoms with E-state index in [4.69, 9.17) is 9.47 Å². The summed E-state index contributed by atoms with van der Waals surface area (Å²) in [5.74, 6) is 2.56. The molecule has 0 aliphatic carbocycles. The average molecular weight is 348 g/mol. The van der Waals surface area contributed by atoms with Crippen molar-refractivity contribution < 1.29 is 14.3 Å². The van der Waals surface area contributed by atoms with E-state index >= 15 is 0 Å². The molecule has 1 amide bonds. The second-order valence-corrected chi connectivity index (χ2v) is 5.76. The van der Waals surface area contributed by atoms with Crippen molar-refractivity contribution in [3.8, 4) is 11.5 Å². The molecule has 2 rings (SSSR count). The van der Waals surface area contributed by atoms with E-state index < -0.39 is 0 Å². The number of nitrogens with one attached hydrogen (secondary N) is 1. The first-order valence-corrected chi connectivity index (χ1v) is 8.69. The molecule has 0 bridgehead atoms. The van der Waals surface area contributed by atoms with Crippen molar-refractivity contribution in [2.24, 2.45) is 4.99 Å². The molecule has 7 heteroatoms. The van der Waals surface area contributed by atoms with Crippen LogP contribution in [-0.4, -0.2) is 74.7 Å². The molecule has 0 radical (unpaired) electrons. The number of piperazine rings is 1. The Hall–Kier alpha value is -2.44. The van der Waals surface area contributed by atoms with Crippen LogP contribution in [0.15, 0.2) is 29.3 Å². The van der Waals surface area contributed by atoms with Crippen molar-refractivity contribution in [2.75, 3.05) is 53.0 Å². The zero-order valence-corrected chi connectivity index (χ0v) is 15.3. The maximum atomic E-state index is 11.4. The van der Waals surface area contributed by atoms with Gasteiger partial charge in [-0.05, 0) is 19.1 Å². The van der Waals surface area contributed by atoms with Gasteiger partial charge in [0.05, 0.1) is 13.7 Å². The molecule has 1 aromatic rings. The lowest BCUT2D eigenvalue weighted by atomic mass is 10.3. The quantitative estimate of drug-likeness (QED) is 0.475. The Bertz CT molecular complexity index is 583. The van der Waals surface area contributed by atoms with Gasteiger partial charge in [0.25, 0.3) is 0 Å². The van der Waals surface area contributed by atoms with E-state index in [0.717, 1.165) is 50.2 Å². The van der Waals surface area contributed by atoms with Crippen LogP contribution in [-0.2, 0) is 4.79 Å². The summed E-state index contributed by atoms with van der Waals surface area (Å²) in [6, 6.07) is 7.54. The number of methoxy groups -OCH3 is 1. The minimum atomic E-state index is 0.133. The molecule has 138 valence electrons. The van der Waals surface area contributed by atoms with Crippen LogP contribution in [0.4, 0.5) is 0 Å². The van der Waals surface area contributed by atoms with E-state index in [-0.39, 0.29) is 5.91 Å². The minimum Gasteiger partial charge on any atom is -0.497 e. The number of guanidine groups is 1. The van der Waals surface area contributed by atoms with Crippen LogP contribution >= 0.6 is 0 Å².